The van der Waals surface area contributed by atoms with Crippen LogP contribution in [0.3, 0.4) is 0 Å². The summed E-state index contributed by atoms with van der Waals surface area (Å²) in [5.41, 5.74) is 7.48. The quantitative estimate of drug-likeness (QED) is 0.730. The number of fused-ring (bicyclic) bond motifs is 1. The second-order valence-corrected chi connectivity index (χ2v) is 7.80. The lowest BCUT2D eigenvalue weighted by Crippen LogP contribution is -2.40. The van der Waals surface area contributed by atoms with Gasteiger partial charge in [0.25, 0.3) is 5.91 Å². The molecule has 0 saturated carbocycles. The van der Waals surface area contributed by atoms with Gasteiger partial charge in [-0.1, -0.05) is 46.3 Å². The molecule has 8 heteroatoms. The van der Waals surface area contributed by atoms with Crippen molar-refractivity contribution < 1.29 is 19.2 Å². The molecule has 2 N–H and O–H groups in total. The van der Waals surface area contributed by atoms with E-state index in [0.717, 1.165) is 15.6 Å². The van der Waals surface area contributed by atoms with Crippen LogP contribution >= 0.6 is 15.9 Å². The van der Waals surface area contributed by atoms with E-state index in [1.807, 2.05) is 43.3 Å². The molecule has 0 radical (unpaired) electrons. The second-order valence-electron chi connectivity index (χ2n) is 6.89. The van der Waals surface area contributed by atoms with Gasteiger partial charge in [0.15, 0.2) is 6.10 Å². The minimum absolute atomic E-state index is 0.210. The first kappa shape index (κ1) is 18.8. The number of benzene rings is 2. The second kappa shape index (κ2) is 7.12. The summed E-state index contributed by atoms with van der Waals surface area (Å²) in [5.74, 6) is -2.13. The number of aryl methyl sites for hydroxylation is 1. The molecule has 2 heterocycles. The number of nitrogens with two attached hydrogens (primary N) is 1. The van der Waals surface area contributed by atoms with Crippen molar-refractivity contribution in [2.24, 2.45) is 11.7 Å². The Labute approximate surface area is 170 Å². The van der Waals surface area contributed by atoms with Crippen molar-refractivity contribution in [1.29, 1.82) is 0 Å². The molecule has 0 aromatic heterocycles. The summed E-state index contributed by atoms with van der Waals surface area (Å²) >= 11 is 3.39. The van der Waals surface area contributed by atoms with E-state index in [-0.39, 0.29) is 12.5 Å². The standard InChI is InChI=1S/C20H18BrN3O4/c1-11-4-2-3-5-14(11)24-19(26)16-17(12-6-8-13(21)9-7-12)23(10-15(22)25)28-18(16)20(24)27/h2-9,16-18H,10H2,1H3,(H2,22,25). The van der Waals surface area contributed by atoms with Crippen LogP contribution in [0.1, 0.15) is 17.2 Å². The Morgan fingerprint density at radius 1 is 1.11 bits per heavy atom. The number of nitrogens with zero attached hydrogens (tertiary/aromatic N) is 2. The molecule has 28 heavy (non-hydrogen) atoms. The Balaban J connectivity index is 1.75. The number of halogens is 1. The summed E-state index contributed by atoms with van der Waals surface area (Å²) in [4.78, 5) is 44.8. The summed E-state index contributed by atoms with van der Waals surface area (Å²) in [5, 5.41) is 1.35. The van der Waals surface area contributed by atoms with Gasteiger partial charge in [-0.25, -0.2) is 4.90 Å². The zero-order chi connectivity index (χ0) is 20.0. The summed E-state index contributed by atoms with van der Waals surface area (Å²) in [6, 6.07) is 14.0. The molecule has 144 valence electrons. The van der Waals surface area contributed by atoms with E-state index >= 15 is 0 Å². The molecule has 2 aliphatic heterocycles. The monoisotopic (exact) mass is 443 g/mol. The number of hydrogen-bond donors (Lipinski definition) is 1. The van der Waals surface area contributed by atoms with E-state index in [0.29, 0.717) is 5.69 Å². The molecule has 3 unspecified atom stereocenters. The van der Waals surface area contributed by atoms with E-state index in [9.17, 15) is 14.4 Å². The summed E-state index contributed by atoms with van der Waals surface area (Å²) in [7, 11) is 0. The number of carbonyl (C=O) groups excluding carboxylic acids is 3. The van der Waals surface area contributed by atoms with Crippen molar-refractivity contribution in [3.05, 3.63) is 64.1 Å². The molecule has 0 bridgehead atoms. The summed E-state index contributed by atoms with van der Waals surface area (Å²) < 4.78 is 0.878. The normalized spacial score (nSPS) is 24.6. The molecule has 7 nitrogen and oxygen atoms in total. The average molecular weight is 444 g/mol. The van der Waals surface area contributed by atoms with Gasteiger partial charge in [0.1, 0.15) is 6.54 Å². The van der Waals surface area contributed by atoms with Crippen molar-refractivity contribution in [2.45, 2.75) is 19.1 Å². The maximum absolute atomic E-state index is 13.3. The number of amides is 3. The SMILES string of the molecule is Cc1ccccc1N1C(=O)C2ON(CC(N)=O)C(c3ccc(Br)cc3)C2C1=O. The van der Waals surface area contributed by atoms with E-state index in [4.69, 9.17) is 10.6 Å². The molecule has 3 amide bonds. The molecule has 2 aromatic carbocycles. The van der Waals surface area contributed by atoms with Gasteiger partial charge in [-0.15, -0.1) is 0 Å². The Kier molecular flexibility index (Phi) is 4.78. The first-order valence-electron chi connectivity index (χ1n) is 8.79. The highest BCUT2D eigenvalue weighted by molar-refractivity contribution is 9.10. The summed E-state index contributed by atoms with van der Waals surface area (Å²) in [6.45, 7) is 1.63. The third kappa shape index (κ3) is 3.03. The average Bonchev–Trinajstić information content (AvgIpc) is 3.12. The molecule has 2 aliphatic rings. The van der Waals surface area contributed by atoms with Crippen LogP contribution in [0.15, 0.2) is 53.0 Å². The molecule has 0 spiro atoms. The van der Waals surface area contributed by atoms with Gasteiger partial charge < -0.3 is 5.73 Å². The molecule has 3 atom stereocenters. The van der Waals surface area contributed by atoms with Crippen LogP contribution in [0, 0.1) is 12.8 Å². The van der Waals surface area contributed by atoms with E-state index < -0.39 is 29.9 Å². The van der Waals surface area contributed by atoms with Crippen LogP contribution in [-0.2, 0) is 19.2 Å². The van der Waals surface area contributed by atoms with Crippen molar-refractivity contribution in [3.63, 3.8) is 0 Å². The largest absolute Gasteiger partial charge is 0.368 e. The molecule has 2 fully saturated rings. The maximum atomic E-state index is 13.3. The highest BCUT2D eigenvalue weighted by Gasteiger charge is 2.60. The molecular weight excluding hydrogens is 426 g/mol. The van der Waals surface area contributed by atoms with Gasteiger partial charge in [0.2, 0.25) is 11.8 Å². The molecule has 4 rings (SSSR count). The van der Waals surface area contributed by atoms with Gasteiger partial charge in [-0.3, -0.25) is 19.2 Å². The Morgan fingerprint density at radius 3 is 2.43 bits per heavy atom. The van der Waals surface area contributed by atoms with Gasteiger partial charge in [-0.05, 0) is 36.2 Å². The van der Waals surface area contributed by atoms with Crippen molar-refractivity contribution >= 4 is 39.3 Å². The predicted molar refractivity (Wildman–Crippen MR) is 105 cm³/mol. The lowest BCUT2D eigenvalue weighted by atomic mass is 9.91. The topological polar surface area (TPSA) is 92.9 Å². The van der Waals surface area contributed by atoms with E-state index in [1.165, 1.54) is 9.96 Å². The van der Waals surface area contributed by atoms with Crippen LogP contribution in [0.4, 0.5) is 5.69 Å². The number of imide groups is 1. The third-order valence-electron chi connectivity index (χ3n) is 5.07. The van der Waals surface area contributed by atoms with Gasteiger partial charge in [-0.2, -0.15) is 5.06 Å². The lowest BCUT2D eigenvalue weighted by molar-refractivity contribution is -0.175. The fourth-order valence-corrected chi connectivity index (χ4v) is 4.11. The number of hydroxylamine groups is 2. The fourth-order valence-electron chi connectivity index (χ4n) is 3.84. The lowest BCUT2D eigenvalue weighted by Gasteiger charge is -2.26. The van der Waals surface area contributed by atoms with Crippen LogP contribution in [0.25, 0.3) is 0 Å². The highest BCUT2D eigenvalue weighted by Crippen LogP contribution is 2.46. The van der Waals surface area contributed by atoms with Crippen LogP contribution in [-0.4, -0.2) is 35.4 Å². The molecule has 2 aromatic rings. The maximum Gasteiger partial charge on any atom is 0.265 e. The number of carbonyl (C=O) groups is 3. The minimum atomic E-state index is -0.986. The molecule has 2 saturated heterocycles. The Hall–Kier alpha value is -2.55. The smallest absolute Gasteiger partial charge is 0.265 e. The summed E-state index contributed by atoms with van der Waals surface area (Å²) in [6.07, 6.45) is -0.986. The zero-order valence-electron chi connectivity index (χ0n) is 15.0. The number of anilines is 1. The minimum Gasteiger partial charge on any atom is -0.368 e. The number of rotatable bonds is 4. The van der Waals surface area contributed by atoms with E-state index in [2.05, 4.69) is 15.9 Å². The third-order valence-corrected chi connectivity index (χ3v) is 5.60. The Morgan fingerprint density at radius 2 is 1.79 bits per heavy atom. The predicted octanol–water partition coefficient (Wildman–Crippen LogP) is 2.09. The van der Waals surface area contributed by atoms with Gasteiger partial charge >= 0.3 is 0 Å². The van der Waals surface area contributed by atoms with Crippen LogP contribution in [0.5, 0.6) is 0 Å². The first-order valence-corrected chi connectivity index (χ1v) is 9.58. The van der Waals surface area contributed by atoms with Crippen LogP contribution in [0.2, 0.25) is 0 Å². The van der Waals surface area contributed by atoms with Crippen molar-refractivity contribution in [2.75, 3.05) is 11.4 Å². The first-order chi connectivity index (χ1) is 13.4. The van der Waals surface area contributed by atoms with Crippen molar-refractivity contribution in [3.8, 4) is 0 Å². The Bertz CT molecular complexity index is 962. The highest BCUT2D eigenvalue weighted by atomic mass is 79.9. The van der Waals surface area contributed by atoms with Crippen molar-refractivity contribution in [1.82, 2.24) is 5.06 Å². The number of para-hydroxylation sites is 1. The number of hydrogen-bond acceptors (Lipinski definition) is 5. The van der Waals surface area contributed by atoms with Crippen LogP contribution < -0.4 is 10.6 Å². The number of primary amides is 1. The fraction of sp³-hybridized carbons (Fsp3) is 0.250. The molecule has 0 aliphatic carbocycles. The van der Waals surface area contributed by atoms with Gasteiger partial charge in [0.05, 0.1) is 17.6 Å². The molecular formula is C20H18BrN3O4. The zero-order valence-corrected chi connectivity index (χ0v) is 16.6. The van der Waals surface area contributed by atoms with Gasteiger partial charge in [0, 0.05) is 4.47 Å². The van der Waals surface area contributed by atoms with E-state index in [1.54, 1.807) is 12.1 Å².